The lowest BCUT2D eigenvalue weighted by atomic mass is 10.0. The monoisotopic (exact) mass is 255 g/mol. The second-order valence-electron chi connectivity index (χ2n) is 5.80. The minimum absolute atomic E-state index is 0.0170. The number of hydrogen-bond donors (Lipinski definition) is 2. The molecule has 0 aliphatic carbocycles. The highest BCUT2D eigenvalue weighted by molar-refractivity contribution is 5.81. The summed E-state index contributed by atoms with van der Waals surface area (Å²) in [7, 11) is 0. The van der Waals surface area contributed by atoms with E-state index < -0.39 is 0 Å². The van der Waals surface area contributed by atoms with E-state index in [2.05, 4.69) is 17.1 Å². The standard InChI is InChI=1S/C14H29N3O/c1-11(2)13(15)14(18)16-8-6-10-17-9-5-4-7-12(17)3/h11-13H,4-10,15H2,1-3H3,(H,16,18)/t12?,13-/m1/s1. The van der Waals surface area contributed by atoms with E-state index in [4.69, 9.17) is 5.73 Å². The first kappa shape index (κ1) is 15.4. The number of hydrogen-bond acceptors (Lipinski definition) is 3. The molecule has 1 saturated heterocycles. The zero-order valence-electron chi connectivity index (χ0n) is 12.1. The molecule has 0 aromatic rings. The fourth-order valence-corrected chi connectivity index (χ4v) is 2.40. The molecule has 0 bridgehead atoms. The first-order valence-electron chi connectivity index (χ1n) is 7.29. The van der Waals surface area contributed by atoms with Crippen LogP contribution in [0.5, 0.6) is 0 Å². The van der Waals surface area contributed by atoms with Gasteiger partial charge in [0.15, 0.2) is 0 Å². The maximum atomic E-state index is 11.7. The molecule has 1 aliphatic rings. The van der Waals surface area contributed by atoms with Crippen molar-refractivity contribution in [2.45, 2.75) is 58.5 Å². The summed E-state index contributed by atoms with van der Waals surface area (Å²) in [6.07, 6.45) is 5.00. The third-order valence-electron chi connectivity index (χ3n) is 3.88. The Labute approximate surface area is 111 Å². The molecule has 1 unspecified atom stereocenters. The van der Waals surface area contributed by atoms with Crippen molar-refractivity contribution in [1.29, 1.82) is 0 Å². The normalized spacial score (nSPS) is 23.1. The summed E-state index contributed by atoms with van der Waals surface area (Å²) in [6.45, 7) is 9.27. The van der Waals surface area contributed by atoms with Crippen LogP contribution in [0, 0.1) is 5.92 Å². The number of rotatable bonds is 6. The lowest BCUT2D eigenvalue weighted by Gasteiger charge is -2.33. The van der Waals surface area contributed by atoms with Gasteiger partial charge in [0.2, 0.25) is 5.91 Å². The highest BCUT2D eigenvalue weighted by Gasteiger charge is 2.18. The van der Waals surface area contributed by atoms with Gasteiger partial charge in [-0.25, -0.2) is 0 Å². The van der Waals surface area contributed by atoms with E-state index in [-0.39, 0.29) is 17.9 Å². The highest BCUT2D eigenvalue weighted by Crippen LogP contribution is 2.15. The second-order valence-corrected chi connectivity index (χ2v) is 5.80. The van der Waals surface area contributed by atoms with Crippen LogP contribution < -0.4 is 11.1 Å². The molecular weight excluding hydrogens is 226 g/mol. The van der Waals surface area contributed by atoms with Crippen LogP contribution in [0.15, 0.2) is 0 Å². The van der Waals surface area contributed by atoms with Crippen LogP contribution in [0.3, 0.4) is 0 Å². The van der Waals surface area contributed by atoms with Crippen LogP contribution >= 0.6 is 0 Å². The van der Waals surface area contributed by atoms with Crippen molar-refractivity contribution in [2.24, 2.45) is 11.7 Å². The van der Waals surface area contributed by atoms with Gasteiger partial charge in [-0.3, -0.25) is 4.79 Å². The predicted octanol–water partition coefficient (Wildman–Crippen LogP) is 1.35. The van der Waals surface area contributed by atoms with Crippen molar-refractivity contribution in [1.82, 2.24) is 10.2 Å². The van der Waals surface area contributed by atoms with Crippen LogP contribution in [0.4, 0.5) is 0 Å². The van der Waals surface area contributed by atoms with Gasteiger partial charge in [-0.05, 0) is 38.6 Å². The Hall–Kier alpha value is -0.610. The molecule has 3 N–H and O–H groups in total. The summed E-state index contributed by atoms with van der Waals surface area (Å²) in [6, 6.07) is 0.325. The van der Waals surface area contributed by atoms with Gasteiger partial charge in [-0.1, -0.05) is 20.3 Å². The maximum absolute atomic E-state index is 11.7. The first-order chi connectivity index (χ1) is 8.52. The second kappa shape index (κ2) is 7.74. The molecule has 1 aliphatic heterocycles. The average Bonchev–Trinajstić information content (AvgIpc) is 2.35. The van der Waals surface area contributed by atoms with Gasteiger partial charge in [0.05, 0.1) is 6.04 Å². The number of nitrogens with two attached hydrogens (primary N) is 1. The van der Waals surface area contributed by atoms with Crippen molar-refractivity contribution in [3.63, 3.8) is 0 Å². The van der Waals surface area contributed by atoms with Crippen molar-refractivity contribution >= 4 is 5.91 Å². The zero-order chi connectivity index (χ0) is 13.5. The minimum Gasteiger partial charge on any atom is -0.355 e. The maximum Gasteiger partial charge on any atom is 0.237 e. The number of carbonyl (C=O) groups is 1. The van der Waals surface area contributed by atoms with Crippen LogP contribution in [0.1, 0.15) is 46.5 Å². The summed E-state index contributed by atoms with van der Waals surface area (Å²) in [5.41, 5.74) is 5.78. The molecule has 0 spiro atoms. The number of nitrogens with one attached hydrogen (secondary N) is 1. The van der Waals surface area contributed by atoms with Gasteiger partial charge in [0, 0.05) is 19.1 Å². The summed E-state index contributed by atoms with van der Waals surface area (Å²) in [4.78, 5) is 14.2. The van der Waals surface area contributed by atoms with E-state index in [9.17, 15) is 4.79 Å². The SMILES string of the molecule is CC(C)[C@@H](N)C(=O)NCCCN1CCCCC1C. The van der Waals surface area contributed by atoms with Crippen molar-refractivity contribution in [3.8, 4) is 0 Å². The van der Waals surface area contributed by atoms with Crippen LogP contribution in [0.25, 0.3) is 0 Å². The Bertz CT molecular complexity index is 255. The van der Waals surface area contributed by atoms with E-state index in [1.807, 2.05) is 13.8 Å². The number of nitrogens with zero attached hydrogens (tertiary/aromatic N) is 1. The van der Waals surface area contributed by atoms with Gasteiger partial charge in [0.25, 0.3) is 0 Å². The van der Waals surface area contributed by atoms with Crippen molar-refractivity contribution < 1.29 is 4.79 Å². The lowest BCUT2D eigenvalue weighted by Crippen LogP contribution is -2.45. The molecule has 1 fully saturated rings. The Kier molecular flexibility index (Phi) is 6.65. The molecule has 4 nitrogen and oxygen atoms in total. The molecule has 1 rings (SSSR count). The van der Waals surface area contributed by atoms with Gasteiger partial charge in [-0.2, -0.15) is 0 Å². The molecule has 1 heterocycles. The average molecular weight is 255 g/mol. The Morgan fingerprint density at radius 3 is 2.78 bits per heavy atom. The highest BCUT2D eigenvalue weighted by atomic mass is 16.2. The van der Waals surface area contributed by atoms with E-state index >= 15 is 0 Å². The number of likely N-dealkylation sites (tertiary alicyclic amines) is 1. The number of amides is 1. The molecule has 106 valence electrons. The molecule has 0 radical (unpaired) electrons. The van der Waals surface area contributed by atoms with E-state index in [0.717, 1.165) is 19.5 Å². The number of carbonyl (C=O) groups excluding carboxylic acids is 1. The molecule has 2 atom stereocenters. The predicted molar refractivity (Wildman–Crippen MR) is 75.3 cm³/mol. The fraction of sp³-hybridized carbons (Fsp3) is 0.929. The quantitative estimate of drug-likeness (QED) is 0.704. The summed E-state index contributed by atoms with van der Waals surface area (Å²) >= 11 is 0. The Morgan fingerprint density at radius 2 is 2.17 bits per heavy atom. The van der Waals surface area contributed by atoms with Crippen molar-refractivity contribution in [3.05, 3.63) is 0 Å². The Balaban J connectivity index is 2.12. The molecule has 0 aromatic heterocycles. The van der Waals surface area contributed by atoms with Crippen LogP contribution in [-0.4, -0.2) is 42.5 Å². The largest absolute Gasteiger partial charge is 0.355 e. The van der Waals surface area contributed by atoms with Gasteiger partial charge >= 0.3 is 0 Å². The summed E-state index contributed by atoms with van der Waals surface area (Å²) in [5, 5.41) is 2.93. The van der Waals surface area contributed by atoms with Crippen LogP contribution in [0.2, 0.25) is 0 Å². The molecule has 1 amide bonds. The van der Waals surface area contributed by atoms with Gasteiger partial charge < -0.3 is 16.0 Å². The van der Waals surface area contributed by atoms with E-state index in [1.165, 1.54) is 25.8 Å². The zero-order valence-corrected chi connectivity index (χ0v) is 12.1. The topological polar surface area (TPSA) is 58.4 Å². The third kappa shape index (κ3) is 4.94. The summed E-state index contributed by atoms with van der Waals surface area (Å²) in [5.74, 6) is 0.184. The smallest absolute Gasteiger partial charge is 0.237 e. The lowest BCUT2D eigenvalue weighted by molar-refractivity contribution is -0.123. The summed E-state index contributed by atoms with van der Waals surface area (Å²) < 4.78 is 0. The van der Waals surface area contributed by atoms with E-state index in [0.29, 0.717) is 6.04 Å². The Morgan fingerprint density at radius 1 is 1.44 bits per heavy atom. The number of piperidine rings is 1. The van der Waals surface area contributed by atoms with E-state index in [1.54, 1.807) is 0 Å². The molecular formula is C14H29N3O. The first-order valence-corrected chi connectivity index (χ1v) is 7.29. The third-order valence-corrected chi connectivity index (χ3v) is 3.88. The molecule has 4 heteroatoms. The minimum atomic E-state index is -0.376. The molecule has 0 saturated carbocycles. The van der Waals surface area contributed by atoms with Crippen molar-refractivity contribution in [2.75, 3.05) is 19.6 Å². The molecule has 18 heavy (non-hydrogen) atoms. The fourth-order valence-electron chi connectivity index (χ4n) is 2.40. The van der Waals surface area contributed by atoms with Crippen LogP contribution in [-0.2, 0) is 4.79 Å². The van der Waals surface area contributed by atoms with Gasteiger partial charge in [0.1, 0.15) is 0 Å². The molecule has 0 aromatic carbocycles. The van der Waals surface area contributed by atoms with Gasteiger partial charge in [-0.15, -0.1) is 0 Å².